The molecule has 0 spiro atoms. The normalized spacial score (nSPS) is 19.2. The fourth-order valence-electron chi connectivity index (χ4n) is 2.16. The van der Waals surface area contributed by atoms with Crippen LogP contribution in [0.1, 0.15) is 24.2 Å². The first-order valence-electron chi connectivity index (χ1n) is 7.36. The van der Waals surface area contributed by atoms with Crippen LogP contribution in [0.3, 0.4) is 0 Å². The van der Waals surface area contributed by atoms with Gasteiger partial charge in [0.1, 0.15) is 5.02 Å². The van der Waals surface area contributed by atoms with Crippen molar-refractivity contribution in [2.24, 2.45) is 0 Å². The van der Waals surface area contributed by atoms with Gasteiger partial charge in [0.2, 0.25) is 5.88 Å². The van der Waals surface area contributed by atoms with Crippen molar-refractivity contribution in [1.29, 1.82) is 0 Å². The highest BCUT2D eigenvalue weighted by atomic mass is 35.5. The minimum absolute atomic E-state index is 0.00896. The average molecular weight is 328 g/mol. The first kappa shape index (κ1) is 17.0. The largest absolute Gasteiger partial charge is 0.474 e. The monoisotopic (exact) mass is 327 g/mol. The maximum Gasteiger partial charge on any atom is 0.252 e. The number of hydrogen-bond acceptors (Lipinski definition) is 5. The van der Waals surface area contributed by atoms with Gasteiger partial charge >= 0.3 is 0 Å². The molecule has 0 aliphatic carbocycles. The van der Waals surface area contributed by atoms with Crippen LogP contribution in [0, 0.1) is 0 Å². The lowest BCUT2D eigenvalue weighted by Crippen LogP contribution is -2.45. The number of nitrogens with zero attached hydrogens (tertiary/aromatic N) is 2. The maximum absolute atomic E-state index is 12.1. The van der Waals surface area contributed by atoms with Gasteiger partial charge in [-0.3, -0.25) is 4.79 Å². The van der Waals surface area contributed by atoms with E-state index in [1.54, 1.807) is 6.07 Å². The van der Waals surface area contributed by atoms with Crippen molar-refractivity contribution in [3.05, 3.63) is 22.8 Å². The van der Waals surface area contributed by atoms with Gasteiger partial charge in [-0.25, -0.2) is 4.98 Å². The average Bonchev–Trinajstić information content (AvgIpc) is 2.46. The number of carbonyl (C=O) groups is 1. The molecule has 22 heavy (non-hydrogen) atoms. The summed E-state index contributed by atoms with van der Waals surface area (Å²) in [6.45, 7) is 6.65. The number of hydrogen-bond donors (Lipinski definition) is 1. The molecule has 6 nitrogen and oxygen atoms in total. The van der Waals surface area contributed by atoms with Gasteiger partial charge in [-0.2, -0.15) is 0 Å². The topological polar surface area (TPSA) is 63.7 Å². The Morgan fingerprint density at radius 1 is 1.64 bits per heavy atom. The van der Waals surface area contributed by atoms with E-state index in [1.807, 2.05) is 20.9 Å². The van der Waals surface area contributed by atoms with Crippen molar-refractivity contribution in [3.63, 3.8) is 0 Å². The molecule has 2 heterocycles. The van der Waals surface area contributed by atoms with Crippen LogP contribution in [0.15, 0.2) is 12.3 Å². The second-order valence-corrected chi connectivity index (χ2v) is 6.05. The molecule has 1 amide bonds. The molecule has 7 heteroatoms. The highest BCUT2D eigenvalue weighted by molar-refractivity contribution is 6.32. The third-order valence-electron chi connectivity index (χ3n) is 3.25. The smallest absolute Gasteiger partial charge is 0.252 e. The Labute approximate surface area is 135 Å². The molecule has 1 aromatic heterocycles. The number of ether oxygens (including phenoxy) is 2. The number of nitrogens with one attached hydrogen (secondary N) is 1. The Balaban J connectivity index is 1.90. The van der Waals surface area contributed by atoms with Gasteiger partial charge < -0.3 is 19.7 Å². The van der Waals surface area contributed by atoms with Gasteiger partial charge in [0.15, 0.2) is 0 Å². The zero-order chi connectivity index (χ0) is 16.1. The Morgan fingerprint density at radius 2 is 2.41 bits per heavy atom. The minimum Gasteiger partial charge on any atom is -0.474 e. The van der Waals surface area contributed by atoms with E-state index in [1.165, 1.54) is 6.20 Å². The summed E-state index contributed by atoms with van der Waals surface area (Å²) in [6, 6.07) is 1.56. The highest BCUT2D eigenvalue weighted by Crippen LogP contribution is 2.23. The fourth-order valence-corrected chi connectivity index (χ4v) is 2.37. The summed E-state index contributed by atoms with van der Waals surface area (Å²) in [5.74, 6) is 0.118. The summed E-state index contributed by atoms with van der Waals surface area (Å²) in [4.78, 5) is 18.4. The Morgan fingerprint density at radius 3 is 3.05 bits per heavy atom. The molecular formula is C15H22ClN3O3. The van der Waals surface area contributed by atoms with Crippen LogP contribution >= 0.6 is 11.6 Å². The second kappa shape index (κ2) is 7.76. The molecule has 1 fully saturated rings. The quantitative estimate of drug-likeness (QED) is 0.889. The molecule has 0 aromatic carbocycles. The van der Waals surface area contributed by atoms with E-state index in [-0.39, 0.29) is 18.1 Å². The van der Waals surface area contributed by atoms with Crippen LogP contribution in [0.25, 0.3) is 0 Å². The van der Waals surface area contributed by atoms with Gasteiger partial charge in [-0.1, -0.05) is 11.6 Å². The van der Waals surface area contributed by atoms with Gasteiger partial charge in [0.05, 0.1) is 24.4 Å². The molecule has 0 radical (unpaired) electrons. The van der Waals surface area contributed by atoms with E-state index in [0.717, 1.165) is 13.1 Å². The maximum atomic E-state index is 12.1. The van der Waals surface area contributed by atoms with Crippen LogP contribution in [-0.4, -0.2) is 61.3 Å². The minimum atomic E-state index is -0.220. The van der Waals surface area contributed by atoms with E-state index < -0.39 is 0 Å². The molecule has 1 atom stereocenters. The van der Waals surface area contributed by atoms with Crippen LogP contribution in [0.2, 0.25) is 5.02 Å². The SMILES string of the molecule is CC(C)Oc1ncc(C(=O)NCC2CN(C)CCO2)cc1Cl. The summed E-state index contributed by atoms with van der Waals surface area (Å²) in [5, 5.41) is 3.18. The molecule has 1 aliphatic heterocycles. The molecule has 2 rings (SSSR count). The van der Waals surface area contributed by atoms with Gasteiger partial charge in [0, 0.05) is 25.8 Å². The van der Waals surface area contributed by atoms with Crippen molar-refractivity contribution in [2.45, 2.75) is 26.1 Å². The lowest BCUT2D eigenvalue weighted by Gasteiger charge is -2.30. The van der Waals surface area contributed by atoms with Gasteiger partial charge in [0.25, 0.3) is 5.91 Å². The zero-order valence-corrected chi connectivity index (χ0v) is 13.9. The van der Waals surface area contributed by atoms with E-state index in [0.29, 0.717) is 29.6 Å². The number of halogens is 1. The molecule has 1 aromatic rings. The Bertz CT molecular complexity index is 525. The third kappa shape index (κ3) is 4.83. The standard InChI is InChI=1S/C15H22ClN3O3/c1-10(2)22-15-13(16)6-11(7-18-15)14(20)17-8-12-9-19(3)4-5-21-12/h6-7,10,12H,4-5,8-9H2,1-3H3,(H,17,20). The van der Waals surface area contributed by atoms with Crippen molar-refractivity contribution < 1.29 is 14.3 Å². The van der Waals surface area contributed by atoms with Crippen molar-refractivity contribution in [1.82, 2.24) is 15.2 Å². The summed E-state index contributed by atoms with van der Waals surface area (Å²) in [6.07, 6.45) is 1.45. The number of rotatable bonds is 5. The molecule has 122 valence electrons. The first-order valence-corrected chi connectivity index (χ1v) is 7.74. The van der Waals surface area contributed by atoms with Crippen LogP contribution < -0.4 is 10.1 Å². The molecule has 1 saturated heterocycles. The first-order chi connectivity index (χ1) is 10.5. The van der Waals surface area contributed by atoms with E-state index >= 15 is 0 Å². The second-order valence-electron chi connectivity index (χ2n) is 5.64. The van der Waals surface area contributed by atoms with Gasteiger partial charge in [-0.15, -0.1) is 0 Å². The number of amides is 1. The number of aromatic nitrogens is 1. The number of likely N-dealkylation sites (N-methyl/N-ethyl adjacent to an activating group) is 1. The van der Waals surface area contributed by atoms with Crippen molar-refractivity contribution in [2.75, 3.05) is 33.3 Å². The summed E-state index contributed by atoms with van der Waals surface area (Å²) < 4.78 is 11.0. The lowest BCUT2D eigenvalue weighted by atomic mass is 10.2. The third-order valence-corrected chi connectivity index (χ3v) is 3.52. The van der Waals surface area contributed by atoms with Crippen molar-refractivity contribution in [3.8, 4) is 5.88 Å². The van der Waals surface area contributed by atoms with Gasteiger partial charge in [-0.05, 0) is 27.0 Å². The lowest BCUT2D eigenvalue weighted by molar-refractivity contribution is -0.0175. The summed E-state index contributed by atoms with van der Waals surface area (Å²) in [5.41, 5.74) is 0.408. The van der Waals surface area contributed by atoms with E-state index in [4.69, 9.17) is 21.1 Å². The van der Waals surface area contributed by atoms with E-state index in [2.05, 4.69) is 15.2 Å². The van der Waals surface area contributed by atoms with E-state index in [9.17, 15) is 4.79 Å². The highest BCUT2D eigenvalue weighted by Gasteiger charge is 2.19. The zero-order valence-electron chi connectivity index (χ0n) is 13.1. The molecule has 1 aliphatic rings. The fraction of sp³-hybridized carbons (Fsp3) is 0.600. The van der Waals surface area contributed by atoms with Crippen LogP contribution in [0.5, 0.6) is 5.88 Å². The Kier molecular flexibility index (Phi) is 5.99. The predicted octanol–water partition coefficient (Wildman–Crippen LogP) is 1.58. The predicted molar refractivity (Wildman–Crippen MR) is 84.6 cm³/mol. The van der Waals surface area contributed by atoms with Crippen LogP contribution in [0.4, 0.5) is 0 Å². The molecule has 1 N–H and O–H groups in total. The number of carbonyl (C=O) groups excluding carboxylic acids is 1. The Hall–Kier alpha value is -1.37. The summed E-state index contributed by atoms with van der Waals surface area (Å²) >= 11 is 6.09. The molecular weight excluding hydrogens is 306 g/mol. The number of morpholine rings is 1. The molecule has 1 unspecified atom stereocenters. The van der Waals surface area contributed by atoms with Crippen LogP contribution in [-0.2, 0) is 4.74 Å². The summed E-state index contributed by atoms with van der Waals surface area (Å²) in [7, 11) is 2.04. The van der Waals surface area contributed by atoms with Crippen molar-refractivity contribution >= 4 is 17.5 Å². The molecule has 0 saturated carbocycles. The molecule has 0 bridgehead atoms. The number of pyridine rings is 1.